The van der Waals surface area contributed by atoms with E-state index in [9.17, 15) is 35.4 Å². The summed E-state index contributed by atoms with van der Waals surface area (Å²) in [6, 6.07) is 0. The van der Waals surface area contributed by atoms with E-state index in [0.717, 1.165) is 6.42 Å². The Balaban J connectivity index is 1.73. The lowest BCUT2D eigenvalue weighted by Crippen LogP contribution is -2.66. The van der Waals surface area contributed by atoms with E-state index in [0.29, 0.717) is 30.8 Å². The molecule has 0 aliphatic heterocycles. The average molecular weight is 481 g/mol. The summed E-state index contributed by atoms with van der Waals surface area (Å²) in [5.41, 5.74) is -4.09. The summed E-state index contributed by atoms with van der Waals surface area (Å²) >= 11 is 0. The Bertz CT molecular complexity index is 852. The molecule has 0 amide bonds. The van der Waals surface area contributed by atoms with E-state index in [-0.39, 0.29) is 25.0 Å². The van der Waals surface area contributed by atoms with Crippen LogP contribution in [0.4, 0.5) is 0 Å². The summed E-state index contributed by atoms with van der Waals surface area (Å²) < 4.78 is 0. The number of aliphatic hydroxyl groups is 6. The first-order valence-electron chi connectivity index (χ1n) is 13.0. The van der Waals surface area contributed by atoms with Gasteiger partial charge in [-0.25, -0.2) is 0 Å². The van der Waals surface area contributed by atoms with Gasteiger partial charge in [0, 0.05) is 17.3 Å². The zero-order chi connectivity index (χ0) is 25.4. The van der Waals surface area contributed by atoms with E-state index in [1.807, 2.05) is 13.8 Å². The second-order valence-electron chi connectivity index (χ2n) is 13.0. The highest BCUT2D eigenvalue weighted by Gasteiger charge is 2.71. The minimum absolute atomic E-state index is 0.137. The first kappa shape index (κ1) is 26.2. The van der Waals surface area contributed by atoms with Crippen LogP contribution < -0.4 is 0 Å². The van der Waals surface area contributed by atoms with Gasteiger partial charge in [0.15, 0.2) is 5.78 Å². The monoisotopic (exact) mass is 480 g/mol. The number of rotatable bonds is 5. The molecular formula is C27H44O7. The summed E-state index contributed by atoms with van der Waals surface area (Å²) in [6.07, 6.45) is 0.195. The van der Waals surface area contributed by atoms with Crippen molar-refractivity contribution in [2.24, 2.45) is 34.5 Å². The minimum atomic E-state index is -1.46. The molecule has 4 rings (SSSR count). The first-order valence-corrected chi connectivity index (χ1v) is 13.0. The summed E-state index contributed by atoms with van der Waals surface area (Å²) in [5, 5.41) is 66.9. The summed E-state index contributed by atoms with van der Waals surface area (Å²) in [7, 11) is 0. The second-order valence-corrected chi connectivity index (χ2v) is 13.0. The number of allylic oxidation sites excluding steroid dienone is 1. The lowest BCUT2D eigenvalue weighted by atomic mass is 9.45. The lowest BCUT2D eigenvalue weighted by Gasteiger charge is -2.62. The van der Waals surface area contributed by atoms with Gasteiger partial charge in [0.1, 0.15) is 0 Å². The van der Waals surface area contributed by atoms with Crippen LogP contribution >= 0.6 is 0 Å². The molecular weight excluding hydrogens is 436 g/mol. The molecule has 2 unspecified atom stereocenters. The molecule has 194 valence electrons. The molecule has 4 aliphatic rings. The number of hydrogen-bond donors (Lipinski definition) is 6. The lowest BCUT2D eigenvalue weighted by molar-refractivity contribution is -0.196. The fourth-order valence-electron chi connectivity index (χ4n) is 8.44. The second kappa shape index (κ2) is 8.35. The molecule has 0 aromatic heterocycles. The summed E-state index contributed by atoms with van der Waals surface area (Å²) in [4.78, 5) is 13.3. The third-order valence-corrected chi connectivity index (χ3v) is 10.5. The van der Waals surface area contributed by atoms with Gasteiger partial charge in [0.05, 0.1) is 35.6 Å². The van der Waals surface area contributed by atoms with Gasteiger partial charge in [0.2, 0.25) is 0 Å². The molecule has 3 saturated carbocycles. The molecule has 0 aromatic carbocycles. The fraction of sp³-hybridized carbons (Fsp3) is 0.889. The van der Waals surface area contributed by atoms with Crippen molar-refractivity contribution in [2.45, 2.75) is 115 Å². The maximum Gasteiger partial charge on any atom is 0.159 e. The largest absolute Gasteiger partial charge is 0.392 e. The quantitative estimate of drug-likeness (QED) is 0.352. The SMILES string of the molecule is CC(C)CCC(O)C(C)(O)[C@H]1CC[C@@]2(O)C3=CC(=O)[C@@H]4C[C@@H](O)[C@@H](O)C[C@]4(C)[C@H]3[C@H](O)C[C@]12C. The van der Waals surface area contributed by atoms with Crippen LogP contribution in [0, 0.1) is 34.5 Å². The minimum Gasteiger partial charge on any atom is -0.392 e. The number of ketones is 1. The predicted molar refractivity (Wildman–Crippen MR) is 127 cm³/mol. The summed E-state index contributed by atoms with van der Waals surface area (Å²) in [5.74, 6) is -1.32. The van der Waals surface area contributed by atoms with Crippen molar-refractivity contribution in [2.75, 3.05) is 0 Å². The van der Waals surface area contributed by atoms with E-state index in [2.05, 4.69) is 13.8 Å². The molecule has 0 aromatic rings. The number of carbonyl (C=O) groups excluding carboxylic acids is 1. The van der Waals surface area contributed by atoms with Gasteiger partial charge in [-0.3, -0.25) is 4.79 Å². The zero-order valence-electron chi connectivity index (χ0n) is 21.2. The molecule has 0 saturated heterocycles. The molecule has 11 atom stereocenters. The van der Waals surface area contributed by atoms with Gasteiger partial charge in [-0.05, 0) is 80.8 Å². The highest BCUT2D eigenvalue weighted by atomic mass is 16.3. The van der Waals surface area contributed by atoms with Gasteiger partial charge in [0.25, 0.3) is 0 Å². The standard InChI is InChI=1S/C27H44O7/c1-14(2)6-7-22(32)26(5,33)21-8-9-27(34)16-11-17(28)15-10-18(29)19(30)12-24(15,3)23(16)20(31)13-25(21,27)4/h11,14-15,18-23,29-34H,6-10,12-13H2,1-5H3/t15-,18+,19-,20+,21-,22?,23+,24-,25+,26?,27+/m0/s1. The Morgan fingerprint density at radius 3 is 2.35 bits per heavy atom. The molecule has 34 heavy (non-hydrogen) atoms. The molecule has 3 fully saturated rings. The van der Waals surface area contributed by atoms with Crippen molar-refractivity contribution < 1.29 is 35.4 Å². The molecule has 0 spiro atoms. The van der Waals surface area contributed by atoms with E-state index >= 15 is 0 Å². The van der Waals surface area contributed by atoms with E-state index in [4.69, 9.17) is 0 Å². The maximum atomic E-state index is 13.3. The van der Waals surface area contributed by atoms with Gasteiger partial charge in [-0.1, -0.05) is 27.7 Å². The molecule has 0 heterocycles. The highest BCUT2D eigenvalue weighted by Crippen LogP contribution is 2.68. The van der Waals surface area contributed by atoms with Crippen LogP contribution in [0.5, 0.6) is 0 Å². The Morgan fingerprint density at radius 1 is 1.09 bits per heavy atom. The Labute approximate surface area is 202 Å². The van der Waals surface area contributed by atoms with Crippen LogP contribution in [0.2, 0.25) is 0 Å². The Morgan fingerprint density at radius 2 is 1.74 bits per heavy atom. The van der Waals surface area contributed by atoms with Crippen LogP contribution in [0.25, 0.3) is 0 Å². The van der Waals surface area contributed by atoms with Crippen molar-refractivity contribution in [3.8, 4) is 0 Å². The van der Waals surface area contributed by atoms with E-state index < -0.39 is 64.2 Å². The highest BCUT2D eigenvalue weighted by molar-refractivity contribution is 5.95. The van der Waals surface area contributed by atoms with Gasteiger partial charge >= 0.3 is 0 Å². The van der Waals surface area contributed by atoms with Crippen LogP contribution in [-0.4, -0.2) is 72.0 Å². The van der Waals surface area contributed by atoms with Crippen molar-refractivity contribution in [3.05, 3.63) is 11.6 Å². The zero-order valence-corrected chi connectivity index (χ0v) is 21.2. The fourth-order valence-corrected chi connectivity index (χ4v) is 8.44. The predicted octanol–water partition coefficient (Wildman–Crippen LogP) is 1.71. The normalized spacial score (nSPS) is 49.1. The third-order valence-electron chi connectivity index (χ3n) is 10.5. The van der Waals surface area contributed by atoms with Gasteiger partial charge < -0.3 is 30.6 Å². The smallest absolute Gasteiger partial charge is 0.159 e. The number of fused-ring (bicyclic) bond motifs is 5. The van der Waals surface area contributed by atoms with Gasteiger partial charge in [-0.2, -0.15) is 0 Å². The van der Waals surface area contributed by atoms with Crippen molar-refractivity contribution >= 4 is 5.78 Å². The van der Waals surface area contributed by atoms with Crippen LogP contribution in [0.1, 0.15) is 79.6 Å². The molecule has 4 aliphatic carbocycles. The molecule has 0 radical (unpaired) electrons. The van der Waals surface area contributed by atoms with Crippen molar-refractivity contribution in [1.82, 2.24) is 0 Å². The molecule has 7 nitrogen and oxygen atoms in total. The van der Waals surface area contributed by atoms with E-state index in [1.54, 1.807) is 6.92 Å². The summed E-state index contributed by atoms with van der Waals surface area (Å²) in [6.45, 7) is 9.52. The van der Waals surface area contributed by atoms with Crippen molar-refractivity contribution in [3.63, 3.8) is 0 Å². The molecule has 7 heteroatoms. The van der Waals surface area contributed by atoms with Crippen LogP contribution in [0.15, 0.2) is 11.6 Å². The third kappa shape index (κ3) is 3.57. The first-order chi connectivity index (χ1) is 15.6. The Hall–Kier alpha value is -0.830. The molecule has 6 N–H and O–H groups in total. The Kier molecular flexibility index (Phi) is 6.45. The maximum absolute atomic E-state index is 13.3. The van der Waals surface area contributed by atoms with Crippen LogP contribution in [-0.2, 0) is 4.79 Å². The average Bonchev–Trinajstić information content (AvgIpc) is 2.99. The number of aliphatic hydroxyl groups excluding tert-OH is 4. The molecule has 0 bridgehead atoms. The van der Waals surface area contributed by atoms with Gasteiger partial charge in [-0.15, -0.1) is 0 Å². The van der Waals surface area contributed by atoms with E-state index in [1.165, 1.54) is 6.08 Å². The number of carbonyl (C=O) groups is 1. The topological polar surface area (TPSA) is 138 Å². The van der Waals surface area contributed by atoms with Crippen LogP contribution in [0.3, 0.4) is 0 Å². The number of hydrogen-bond acceptors (Lipinski definition) is 7. The van der Waals surface area contributed by atoms with Crippen molar-refractivity contribution in [1.29, 1.82) is 0 Å².